The Morgan fingerprint density at radius 3 is 2.21 bits per heavy atom. The van der Waals surface area contributed by atoms with Crippen molar-refractivity contribution in [3.05, 3.63) is 11.8 Å². The number of amides is 2. The number of unbranched alkanes of at least 4 members (excludes halogenated alkanes) is 2. The van der Waals surface area contributed by atoms with Gasteiger partial charge in [-0.05, 0) is 18.9 Å². The second-order valence-electron chi connectivity index (χ2n) is 6.68. The number of carbonyl (C=O) groups excluding carboxylic acids is 2. The van der Waals surface area contributed by atoms with Gasteiger partial charge >= 0.3 is 5.97 Å². The standard InChI is InChI=1S/C18H31N5O5/c1-4-6-8-23(9-7-5-2)16(25)15-14(21-11(3)24)12(22-18(19)20)10-13(28-15)17(26)27/h10,12,14-15H,4-9H2,1-3H3,(H,21,24)(H,26,27)(H4,19,20,22)/t12-,14+,15+/m0/s1. The Bertz CT molecular complexity index is 622. The summed E-state index contributed by atoms with van der Waals surface area (Å²) < 4.78 is 5.48. The fraction of sp³-hybridized carbons (Fsp3) is 0.667. The Balaban J connectivity index is 3.28. The number of aliphatic imine (C=N–C) groups is 1. The van der Waals surface area contributed by atoms with E-state index in [0.717, 1.165) is 25.7 Å². The highest BCUT2D eigenvalue weighted by Gasteiger charge is 2.43. The molecule has 3 atom stereocenters. The molecule has 0 aromatic rings. The van der Waals surface area contributed by atoms with Crippen LogP contribution in [-0.4, -0.2) is 65.0 Å². The summed E-state index contributed by atoms with van der Waals surface area (Å²) in [6.07, 6.45) is 3.33. The Morgan fingerprint density at radius 1 is 1.21 bits per heavy atom. The van der Waals surface area contributed by atoms with Crippen molar-refractivity contribution >= 4 is 23.7 Å². The van der Waals surface area contributed by atoms with E-state index in [1.165, 1.54) is 13.0 Å². The molecule has 1 aliphatic rings. The summed E-state index contributed by atoms with van der Waals surface area (Å²) in [6.45, 7) is 6.35. The Hall–Kier alpha value is -2.78. The molecule has 0 saturated heterocycles. The summed E-state index contributed by atoms with van der Waals surface area (Å²) in [7, 11) is 0. The number of nitrogens with two attached hydrogens (primary N) is 2. The second-order valence-corrected chi connectivity index (χ2v) is 6.68. The molecule has 1 heterocycles. The van der Waals surface area contributed by atoms with E-state index in [1.807, 2.05) is 13.8 Å². The minimum atomic E-state index is -1.34. The Labute approximate surface area is 165 Å². The van der Waals surface area contributed by atoms with Crippen LogP contribution in [0.1, 0.15) is 46.5 Å². The number of nitrogens with one attached hydrogen (secondary N) is 1. The molecule has 1 rings (SSSR count). The molecule has 2 amide bonds. The predicted molar refractivity (Wildman–Crippen MR) is 104 cm³/mol. The molecule has 0 unspecified atom stereocenters. The van der Waals surface area contributed by atoms with Gasteiger partial charge in [0.05, 0.1) is 0 Å². The number of ether oxygens (including phenoxy) is 1. The molecular formula is C18H31N5O5. The molecule has 158 valence electrons. The van der Waals surface area contributed by atoms with Crippen LogP contribution in [0, 0.1) is 0 Å². The van der Waals surface area contributed by atoms with Crippen LogP contribution in [0.3, 0.4) is 0 Å². The van der Waals surface area contributed by atoms with Crippen molar-refractivity contribution in [3.8, 4) is 0 Å². The van der Waals surface area contributed by atoms with E-state index in [0.29, 0.717) is 13.1 Å². The number of nitrogens with zero attached hydrogens (tertiary/aromatic N) is 2. The van der Waals surface area contributed by atoms with Crippen molar-refractivity contribution < 1.29 is 24.2 Å². The van der Waals surface area contributed by atoms with Gasteiger partial charge in [0.15, 0.2) is 12.1 Å². The highest BCUT2D eigenvalue weighted by Crippen LogP contribution is 2.23. The minimum Gasteiger partial charge on any atom is -0.475 e. The van der Waals surface area contributed by atoms with Gasteiger partial charge in [0, 0.05) is 20.0 Å². The zero-order valence-corrected chi connectivity index (χ0v) is 16.7. The number of carbonyl (C=O) groups is 3. The quantitative estimate of drug-likeness (QED) is 0.296. The van der Waals surface area contributed by atoms with E-state index in [4.69, 9.17) is 16.2 Å². The summed E-state index contributed by atoms with van der Waals surface area (Å²) >= 11 is 0. The monoisotopic (exact) mass is 397 g/mol. The third-order valence-electron chi connectivity index (χ3n) is 4.27. The van der Waals surface area contributed by atoms with Crippen LogP contribution in [0.5, 0.6) is 0 Å². The first kappa shape index (κ1) is 23.3. The molecule has 0 radical (unpaired) electrons. The van der Waals surface area contributed by atoms with Crippen molar-refractivity contribution in [1.82, 2.24) is 10.2 Å². The van der Waals surface area contributed by atoms with Gasteiger partial charge in [-0.2, -0.15) is 0 Å². The summed E-state index contributed by atoms with van der Waals surface area (Å²) in [4.78, 5) is 42.0. The van der Waals surface area contributed by atoms with Gasteiger partial charge in [0.25, 0.3) is 5.91 Å². The largest absolute Gasteiger partial charge is 0.475 e. The van der Waals surface area contributed by atoms with Crippen molar-refractivity contribution in [2.24, 2.45) is 16.5 Å². The maximum Gasteiger partial charge on any atom is 0.370 e. The lowest BCUT2D eigenvalue weighted by Crippen LogP contribution is -2.59. The van der Waals surface area contributed by atoms with Gasteiger partial charge < -0.3 is 31.5 Å². The van der Waals surface area contributed by atoms with Crippen molar-refractivity contribution in [3.63, 3.8) is 0 Å². The number of hydrogen-bond acceptors (Lipinski definition) is 5. The van der Waals surface area contributed by atoms with Crippen LogP contribution >= 0.6 is 0 Å². The van der Waals surface area contributed by atoms with Gasteiger partial charge in [0.2, 0.25) is 11.7 Å². The number of carboxylic acids is 1. The first-order valence-electron chi connectivity index (χ1n) is 9.47. The molecule has 0 bridgehead atoms. The number of aliphatic carboxylic acids is 1. The van der Waals surface area contributed by atoms with Crippen LogP contribution in [0.4, 0.5) is 0 Å². The average Bonchev–Trinajstić information content (AvgIpc) is 2.61. The van der Waals surface area contributed by atoms with E-state index >= 15 is 0 Å². The molecule has 28 heavy (non-hydrogen) atoms. The van der Waals surface area contributed by atoms with Crippen molar-refractivity contribution in [2.45, 2.75) is 64.6 Å². The number of carboxylic acid groups (broad SMARTS) is 1. The highest BCUT2D eigenvalue weighted by atomic mass is 16.5. The lowest BCUT2D eigenvalue weighted by molar-refractivity contribution is -0.149. The normalized spacial score (nSPS) is 21.1. The summed E-state index contributed by atoms with van der Waals surface area (Å²) in [5.41, 5.74) is 10.9. The van der Waals surface area contributed by atoms with Crippen LogP contribution < -0.4 is 16.8 Å². The molecule has 0 aromatic carbocycles. The molecular weight excluding hydrogens is 366 g/mol. The smallest absolute Gasteiger partial charge is 0.370 e. The molecule has 10 heteroatoms. The minimum absolute atomic E-state index is 0.289. The molecule has 6 N–H and O–H groups in total. The predicted octanol–water partition coefficient (Wildman–Crippen LogP) is -0.0708. The summed E-state index contributed by atoms with van der Waals surface area (Å²) in [6, 6.07) is -1.87. The number of hydrogen-bond donors (Lipinski definition) is 4. The van der Waals surface area contributed by atoms with Crippen LogP contribution in [0.25, 0.3) is 0 Å². The Kier molecular flexibility index (Phi) is 9.26. The summed E-state index contributed by atoms with van der Waals surface area (Å²) in [5.74, 6) is -2.88. The van der Waals surface area contributed by atoms with Crippen molar-refractivity contribution in [1.29, 1.82) is 0 Å². The van der Waals surface area contributed by atoms with E-state index in [-0.39, 0.29) is 5.96 Å². The van der Waals surface area contributed by atoms with Crippen molar-refractivity contribution in [2.75, 3.05) is 13.1 Å². The first-order valence-corrected chi connectivity index (χ1v) is 9.47. The van der Waals surface area contributed by atoms with Gasteiger partial charge in [-0.3, -0.25) is 9.59 Å². The fourth-order valence-electron chi connectivity index (χ4n) is 2.91. The van der Waals surface area contributed by atoms with Crippen LogP contribution in [0.2, 0.25) is 0 Å². The maximum absolute atomic E-state index is 13.2. The van der Waals surface area contributed by atoms with E-state index < -0.39 is 41.7 Å². The number of rotatable bonds is 10. The topological polar surface area (TPSA) is 160 Å². The van der Waals surface area contributed by atoms with Gasteiger partial charge in [-0.1, -0.05) is 26.7 Å². The van der Waals surface area contributed by atoms with E-state index in [1.54, 1.807) is 4.90 Å². The molecule has 0 aromatic heterocycles. The lowest BCUT2D eigenvalue weighted by atomic mass is 9.97. The molecule has 0 aliphatic carbocycles. The third-order valence-corrected chi connectivity index (χ3v) is 4.27. The fourth-order valence-corrected chi connectivity index (χ4v) is 2.91. The van der Waals surface area contributed by atoms with Gasteiger partial charge in [-0.15, -0.1) is 0 Å². The third kappa shape index (κ3) is 6.75. The molecule has 0 saturated carbocycles. The zero-order valence-electron chi connectivity index (χ0n) is 16.7. The highest BCUT2D eigenvalue weighted by molar-refractivity contribution is 5.89. The second kappa shape index (κ2) is 11.2. The SMILES string of the molecule is CCCCN(CCCC)C(=O)[C@@H]1OC(C(=O)O)=C[C@H](N=C(N)N)[C@H]1NC(C)=O. The van der Waals surface area contributed by atoms with Gasteiger partial charge in [-0.25, -0.2) is 9.79 Å². The number of guanidine groups is 1. The molecule has 1 aliphatic heterocycles. The zero-order chi connectivity index (χ0) is 21.3. The van der Waals surface area contributed by atoms with Crippen LogP contribution in [-0.2, 0) is 19.1 Å². The van der Waals surface area contributed by atoms with E-state index in [2.05, 4.69) is 10.3 Å². The average molecular weight is 397 g/mol. The molecule has 0 spiro atoms. The molecule has 10 nitrogen and oxygen atoms in total. The van der Waals surface area contributed by atoms with Crippen LogP contribution in [0.15, 0.2) is 16.8 Å². The maximum atomic E-state index is 13.2. The Morgan fingerprint density at radius 2 is 1.79 bits per heavy atom. The molecule has 0 fully saturated rings. The van der Waals surface area contributed by atoms with E-state index in [9.17, 15) is 19.5 Å². The van der Waals surface area contributed by atoms with Gasteiger partial charge in [0.1, 0.15) is 12.1 Å². The summed E-state index contributed by atoms with van der Waals surface area (Å²) in [5, 5.41) is 12.0. The first-order chi connectivity index (χ1) is 13.2. The lowest BCUT2D eigenvalue weighted by Gasteiger charge is -2.37.